The molecule has 2 amide bonds. The summed E-state index contributed by atoms with van der Waals surface area (Å²) in [6, 6.07) is 6.92. The van der Waals surface area contributed by atoms with E-state index >= 15 is 0 Å². The summed E-state index contributed by atoms with van der Waals surface area (Å²) < 4.78 is 4.90. The lowest BCUT2D eigenvalue weighted by molar-refractivity contribution is -0.128. The molecular weight excluding hydrogens is 272 g/mol. The second-order valence-electron chi connectivity index (χ2n) is 4.87. The van der Waals surface area contributed by atoms with E-state index < -0.39 is 5.97 Å². The van der Waals surface area contributed by atoms with Gasteiger partial charge in [-0.15, -0.1) is 0 Å². The zero-order valence-electron chi connectivity index (χ0n) is 11.9. The van der Waals surface area contributed by atoms with Crippen molar-refractivity contribution in [3.8, 4) is 0 Å². The van der Waals surface area contributed by atoms with Gasteiger partial charge in [0.2, 0.25) is 5.91 Å². The highest BCUT2D eigenvalue weighted by molar-refractivity contribution is 5.91. The number of hydrogen-bond donors (Lipinski definition) is 1. The van der Waals surface area contributed by atoms with Crippen molar-refractivity contribution in [1.29, 1.82) is 0 Å². The minimum absolute atomic E-state index is 0.141. The number of rotatable bonds is 5. The summed E-state index contributed by atoms with van der Waals surface area (Å²) in [6.45, 7) is 0.948. The van der Waals surface area contributed by atoms with E-state index in [1.807, 2.05) is 6.07 Å². The van der Waals surface area contributed by atoms with Gasteiger partial charge in [-0.3, -0.25) is 9.59 Å². The Bertz CT molecular complexity index is 556. The van der Waals surface area contributed by atoms with E-state index in [-0.39, 0.29) is 18.4 Å². The molecule has 112 valence electrons. The van der Waals surface area contributed by atoms with Crippen molar-refractivity contribution in [2.45, 2.75) is 19.4 Å². The van der Waals surface area contributed by atoms with Gasteiger partial charge in [0.05, 0.1) is 5.56 Å². The quantitative estimate of drug-likeness (QED) is 0.810. The third-order valence-corrected chi connectivity index (χ3v) is 3.32. The highest BCUT2D eigenvalue weighted by Gasteiger charge is 2.20. The molecule has 6 heteroatoms. The molecule has 0 aromatic heterocycles. The molecule has 1 aromatic rings. The van der Waals surface area contributed by atoms with Crippen molar-refractivity contribution in [3.05, 3.63) is 35.4 Å². The Kier molecular flexibility index (Phi) is 4.92. The number of benzene rings is 1. The van der Waals surface area contributed by atoms with Gasteiger partial charge in [0.15, 0.2) is 6.61 Å². The molecule has 1 aromatic carbocycles. The van der Waals surface area contributed by atoms with Crippen LogP contribution in [0.3, 0.4) is 0 Å². The van der Waals surface area contributed by atoms with Gasteiger partial charge >= 0.3 is 5.97 Å². The lowest BCUT2D eigenvalue weighted by Crippen LogP contribution is -2.25. The molecule has 0 aliphatic carbocycles. The van der Waals surface area contributed by atoms with Gasteiger partial charge in [0.25, 0.3) is 5.91 Å². The summed E-state index contributed by atoms with van der Waals surface area (Å²) in [5, 5.41) is 2.38. The summed E-state index contributed by atoms with van der Waals surface area (Å²) in [5.41, 5.74) is 1.25. The Hall–Kier alpha value is -2.37. The van der Waals surface area contributed by atoms with Gasteiger partial charge < -0.3 is 15.0 Å². The molecule has 0 spiro atoms. The zero-order valence-corrected chi connectivity index (χ0v) is 11.9. The minimum Gasteiger partial charge on any atom is -0.452 e. The summed E-state index contributed by atoms with van der Waals surface area (Å²) >= 11 is 0. The number of nitrogens with zero attached hydrogens (tertiary/aromatic N) is 1. The van der Waals surface area contributed by atoms with Crippen molar-refractivity contribution in [3.63, 3.8) is 0 Å². The number of esters is 1. The monoisotopic (exact) mass is 290 g/mol. The van der Waals surface area contributed by atoms with E-state index in [1.54, 1.807) is 23.1 Å². The van der Waals surface area contributed by atoms with Crippen LogP contribution in [-0.4, -0.2) is 42.9 Å². The van der Waals surface area contributed by atoms with Crippen LogP contribution in [0.1, 0.15) is 28.8 Å². The maximum atomic E-state index is 11.8. The van der Waals surface area contributed by atoms with Crippen molar-refractivity contribution in [1.82, 2.24) is 10.2 Å². The summed E-state index contributed by atoms with van der Waals surface area (Å²) in [4.78, 5) is 36.3. The smallest absolute Gasteiger partial charge is 0.338 e. The number of nitrogens with one attached hydrogen (secondary N) is 1. The number of amides is 2. The predicted octanol–water partition coefficient (Wildman–Crippen LogP) is 0.712. The number of likely N-dealkylation sites (N-methyl/N-ethyl adjacent to an activating group) is 1. The predicted molar refractivity (Wildman–Crippen MR) is 75.4 cm³/mol. The Morgan fingerprint density at radius 1 is 1.38 bits per heavy atom. The summed E-state index contributed by atoms with van der Waals surface area (Å²) in [6.07, 6.45) is 1.47. The first kappa shape index (κ1) is 15.0. The number of ether oxygens (including phenoxy) is 1. The van der Waals surface area contributed by atoms with Crippen molar-refractivity contribution in [2.24, 2.45) is 0 Å². The molecule has 1 N–H and O–H groups in total. The second kappa shape index (κ2) is 6.88. The van der Waals surface area contributed by atoms with Gasteiger partial charge in [0, 0.05) is 26.6 Å². The Morgan fingerprint density at radius 3 is 2.86 bits per heavy atom. The van der Waals surface area contributed by atoms with E-state index in [2.05, 4.69) is 5.32 Å². The van der Waals surface area contributed by atoms with Crippen LogP contribution in [0.15, 0.2) is 24.3 Å². The van der Waals surface area contributed by atoms with E-state index in [0.29, 0.717) is 18.5 Å². The summed E-state index contributed by atoms with van der Waals surface area (Å²) in [5.74, 6) is -0.766. The van der Waals surface area contributed by atoms with Crippen molar-refractivity contribution >= 4 is 17.8 Å². The van der Waals surface area contributed by atoms with E-state index in [4.69, 9.17) is 4.74 Å². The molecule has 0 radical (unpaired) electrons. The Labute approximate surface area is 123 Å². The minimum atomic E-state index is -0.548. The van der Waals surface area contributed by atoms with E-state index in [9.17, 15) is 14.4 Å². The molecule has 1 aliphatic heterocycles. The fourth-order valence-corrected chi connectivity index (χ4v) is 2.17. The fourth-order valence-electron chi connectivity index (χ4n) is 2.17. The van der Waals surface area contributed by atoms with Gasteiger partial charge in [-0.2, -0.15) is 0 Å². The topological polar surface area (TPSA) is 75.7 Å². The molecule has 1 saturated heterocycles. The largest absolute Gasteiger partial charge is 0.452 e. The SMILES string of the molecule is CNC(=O)COC(=O)c1cccc(CN2CCCC2=O)c1. The molecule has 2 rings (SSSR count). The standard InChI is InChI=1S/C15H18N2O4/c1-16-13(18)10-21-15(20)12-5-2-4-11(8-12)9-17-7-3-6-14(17)19/h2,4-5,8H,3,6-7,9-10H2,1H3,(H,16,18). The lowest BCUT2D eigenvalue weighted by atomic mass is 10.1. The number of carbonyl (C=O) groups excluding carboxylic acids is 3. The first-order valence-electron chi connectivity index (χ1n) is 6.84. The molecule has 6 nitrogen and oxygen atoms in total. The number of hydrogen-bond acceptors (Lipinski definition) is 4. The molecule has 0 saturated carbocycles. The maximum absolute atomic E-state index is 11.8. The highest BCUT2D eigenvalue weighted by atomic mass is 16.5. The summed E-state index contributed by atoms with van der Waals surface area (Å²) in [7, 11) is 1.48. The first-order valence-corrected chi connectivity index (χ1v) is 6.84. The van der Waals surface area contributed by atoms with Crippen LogP contribution in [0, 0.1) is 0 Å². The molecule has 21 heavy (non-hydrogen) atoms. The first-order chi connectivity index (χ1) is 10.1. The number of likely N-dealkylation sites (tertiary alicyclic amines) is 1. The van der Waals surface area contributed by atoms with E-state index in [1.165, 1.54) is 7.05 Å². The molecule has 0 atom stereocenters. The van der Waals surface area contributed by atoms with Crippen LogP contribution in [0.2, 0.25) is 0 Å². The van der Waals surface area contributed by atoms with Crippen molar-refractivity contribution < 1.29 is 19.1 Å². The van der Waals surface area contributed by atoms with E-state index in [0.717, 1.165) is 18.5 Å². The van der Waals surface area contributed by atoms with Gasteiger partial charge in [-0.05, 0) is 24.1 Å². The van der Waals surface area contributed by atoms with Crippen LogP contribution in [0.5, 0.6) is 0 Å². The van der Waals surface area contributed by atoms with Gasteiger partial charge in [-0.25, -0.2) is 4.79 Å². The molecule has 0 unspecified atom stereocenters. The van der Waals surface area contributed by atoms with Crippen LogP contribution >= 0.6 is 0 Å². The molecule has 0 bridgehead atoms. The molecule has 1 heterocycles. The highest BCUT2D eigenvalue weighted by Crippen LogP contribution is 2.15. The number of carbonyl (C=O) groups is 3. The Morgan fingerprint density at radius 2 is 2.19 bits per heavy atom. The molecular formula is C15H18N2O4. The third kappa shape index (κ3) is 4.05. The zero-order chi connectivity index (χ0) is 15.2. The fraction of sp³-hybridized carbons (Fsp3) is 0.400. The van der Waals surface area contributed by atoms with Crippen LogP contribution in [-0.2, 0) is 20.9 Å². The maximum Gasteiger partial charge on any atom is 0.338 e. The molecule has 1 fully saturated rings. The van der Waals surface area contributed by atoms with Gasteiger partial charge in [-0.1, -0.05) is 12.1 Å². The second-order valence-corrected chi connectivity index (χ2v) is 4.87. The van der Waals surface area contributed by atoms with Crippen LogP contribution in [0.4, 0.5) is 0 Å². The van der Waals surface area contributed by atoms with Crippen molar-refractivity contribution in [2.75, 3.05) is 20.2 Å². The van der Waals surface area contributed by atoms with Gasteiger partial charge in [0.1, 0.15) is 0 Å². The average Bonchev–Trinajstić information content (AvgIpc) is 2.90. The van der Waals surface area contributed by atoms with Crippen LogP contribution in [0.25, 0.3) is 0 Å². The third-order valence-electron chi connectivity index (χ3n) is 3.32. The van der Waals surface area contributed by atoms with Crippen LogP contribution < -0.4 is 5.32 Å². The average molecular weight is 290 g/mol. The normalized spacial score (nSPS) is 14.1. The Balaban J connectivity index is 1.98. The lowest BCUT2D eigenvalue weighted by Gasteiger charge is -2.15. The molecule has 1 aliphatic rings.